The Morgan fingerprint density at radius 1 is 1.40 bits per heavy atom. The van der Waals surface area contributed by atoms with Crippen molar-refractivity contribution in [2.75, 3.05) is 12.3 Å². The van der Waals surface area contributed by atoms with Crippen LogP contribution in [0.2, 0.25) is 0 Å². The van der Waals surface area contributed by atoms with E-state index < -0.39 is 0 Å². The van der Waals surface area contributed by atoms with Crippen LogP contribution < -0.4 is 5.73 Å². The second-order valence-corrected chi connectivity index (χ2v) is 4.79. The summed E-state index contributed by atoms with van der Waals surface area (Å²) in [6.45, 7) is 4.99. The average Bonchev–Trinajstić information content (AvgIpc) is 2.84. The van der Waals surface area contributed by atoms with E-state index in [2.05, 4.69) is 5.16 Å². The van der Waals surface area contributed by atoms with E-state index >= 15 is 0 Å². The van der Waals surface area contributed by atoms with Crippen LogP contribution in [0.15, 0.2) is 34.9 Å². The molecule has 1 amide bonds. The highest BCUT2D eigenvalue weighted by atomic mass is 16.5. The Bertz CT molecular complexity index is 592. The molecule has 0 aliphatic rings. The number of aromatic nitrogens is 1. The summed E-state index contributed by atoms with van der Waals surface area (Å²) in [7, 11) is 0. The fourth-order valence-electron chi connectivity index (χ4n) is 2.06. The van der Waals surface area contributed by atoms with Crippen molar-refractivity contribution < 1.29 is 9.32 Å². The summed E-state index contributed by atoms with van der Waals surface area (Å²) in [5.41, 5.74) is 7.82. The van der Waals surface area contributed by atoms with Crippen LogP contribution in [0.4, 0.5) is 5.69 Å². The van der Waals surface area contributed by atoms with Crippen LogP contribution in [0, 0.1) is 6.92 Å². The zero-order valence-corrected chi connectivity index (χ0v) is 11.8. The van der Waals surface area contributed by atoms with Crippen LogP contribution in [-0.2, 0) is 6.54 Å². The quantitative estimate of drug-likeness (QED) is 0.850. The zero-order chi connectivity index (χ0) is 14.5. The SMILES string of the molecule is CCCN(Cc1cccc(N)c1)C(=O)c1cc(C)on1. The number of carbonyl (C=O) groups is 1. The third kappa shape index (κ3) is 3.38. The highest BCUT2D eigenvalue weighted by Gasteiger charge is 2.18. The number of amides is 1. The van der Waals surface area contributed by atoms with E-state index in [0.717, 1.165) is 12.0 Å². The monoisotopic (exact) mass is 273 g/mol. The maximum absolute atomic E-state index is 12.4. The summed E-state index contributed by atoms with van der Waals surface area (Å²) < 4.78 is 4.97. The number of benzene rings is 1. The molecule has 0 radical (unpaired) electrons. The molecule has 1 aromatic heterocycles. The minimum absolute atomic E-state index is 0.119. The summed E-state index contributed by atoms with van der Waals surface area (Å²) >= 11 is 0. The predicted molar refractivity (Wildman–Crippen MR) is 77.1 cm³/mol. The molecule has 0 aliphatic heterocycles. The van der Waals surface area contributed by atoms with Gasteiger partial charge in [0.25, 0.3) is 5.91 Å². The number of nitrogens with zero attached hydrogens (tertiary/aromatic N) is 2. The van der Waals surface area contributed by atoms with E-state index in [9.17, 15) is 4.79 Å². The van der Waals surface area contributed by atoms with Gasteiger partial charge >= 0.3 is 0 Å². The first-order chi connectivity index (χ1) is 9.60. The number of rotatable bonds is 5. The number of aryl methyl sites for hydroxylation is 1. The van der Waals surface area contributed by atoms with E-state index in [-0.39, 0.29) is 5.91 Å². The Hall–Kier alpha value is -2.30. The summed E-state index contributed by atoms with van der Waals surface area (Å²) in [5.74, 6) is 0.514. The Balaban J connectivity index is 2.16. The minimum Gasteiger partial charge on any atom is -0.399 e. The van der Waals surface area contributed by atoms with Gasteiger partial charge < -0.3 is 15.2 Å². The molecule has 5 nitrogen and oxygen atoms in total. The van der Waals surface area contributed by atoms with Crippen molar-refractivity contribution in [1.82, 2.24) is 10.1 Å². The molecule has 106 valence electrons. The fraction of sp³-hybridized carbons (Fsp3) is 0.333. The van der Waals surface area contributed by atoms with Gasteiger partial charge in [-0.05, 0) is 31.0 Å². The van der Waals surface area contributed by atoms with E-state index in [4.69, 9.17) is 10.3 Å². The molecule has 0 aliphatic carbocycles. The van der Waals surface area contributed by atoms with E-state index in [1.165, 1.54) is 0 Å². The summed E-state index contributed by atoms with van der Waals surface area (Å²) in [5, 5.41) is 3.79. The van der Waals surface area contributed by atoms with Crippen LogP contribution in [-0.4, -0.2) is 22.5 Å². The van der Waals surface area contributed by atoms with Crippen molar-refractivity contribution in [3.05, 3.63) is 47.3 Å². The second kappa shape index (κ2) is 6.23. The number of carbonyl (C=O) groups excluding carboxylic acids is 1. The summed E-state index contributed by atoms with van der Waals surface area (Å²) in [6.07, 6.45) is 0.880. The van der Waals surface area contributed by atoms with Crippen LogP contribution >= 0.6 is 0 Å². The Kier molecular flexibility index (Phi) is 4.40. The molecule has 2 rings (SSSR count). The number of hydrogen-bond acceptors (Lipinski definition) is 4. The van der Waals surface area contributed by atoms with E-state index in [1.54, 1.807) is 17.9 Å². The average molecular weight is 273 g/mol. The highest BCUT2D eigenvalue weighted by Crippen LogP contribution is 2.13. The third-order valence-corrected chi connectivity index (χ3v) is 2.95. The van der Waals surface area contributed by atoms with Gasteiger partial charge in [0, 0.05) is 24.8 Å². The highest BCUT2D eigenvalue weighted by molar-refractivity contribution is 5.92. The van der Waals surface area contributed by atoms with Gasteiger partial charge in [0.2, 0.25) is 0 Å². The normalized spacial score (nSPS) is 10.5. The van der Waals surface area contributed by atoms with Crippen LogP contribution in [0.1, 0.15) is 35.2 Å². The van der Waals surface area contributed by atoms with Gasteiger partial charge in [0.15, 0.2) is 5.69 Å². The molecular formula is C15H19N3O2. The molecule has 2 aromatic rings. The molecular weight excluding hydrogens is 254 g/mol. The maximum atomic E-state index is 12.4. The lowest BCUT2D eigenvalue weighted by Gasteiger charge is -2.21. The lowest BCUT2D eigenvalue weighted by Crippen LogP contribution is -2.31. The summed E-state index contributed by atoms with van der Waals surface area (Å²) in [4.78, 5) is 14.2. The Morgan fingerprint density at radius 2 is 2.20 bits per heavy atom. The lowest BCUT2D eigenvalue weighted by molar-refractivity contribution is 0.0732. The van der Waals surface area contributed by atoms with Gasteiger partial charge in [0.05, 0.1) is 0 Å². The van der Waals surface area contributed by atoms with Gasteiger partial charge in [-0.2, -0.15) is 0 Å². The first-order valence-corrected chi connectivity index (χ1v) is 6.67. The Morgan fingerprint density at radius 3 is 2.80 bits per heavy atom. The van der Waals surface area contributed by atoms with Crippen molar-refractivity contribution in [3.8, 4) is 0 Å². The first-order valence-electron chi connectivity index (χ1n) is 6.67. The molecule has 0 spiro atoms. The maximum Gasteiger partial charge on any atom is 0.276 e. The molecule has 0 unspecified atom stereocenters. The molecule has 0 atom stereocenters. The van der Waals surface area contributed by atoms with Crippen molar-refractivity contribution in [2.24, 2.45) is 0 Å². The lowest BCUT2D eigenvalue weighted by atomic mass is 10.2. The molecule has 0 saturated carbocycles. The van der Waals surface area contributed by atoms with Crippen molar-refractivity contribution in [2.45, 2.75) is 26.8 Å². The van der Waals surface area contributed by atoms with E-state index in [1.807, 2.05) is 31.2 Å². The minimum atomic E-state index is -0.119. The number of nitrogen functional groups attached to an aromatic ring is 1. The van der Waals surface area contributed by atoms with E-state index in [0.29, 0.717) is 30.2 Å². The number of anilines is 1. The number of nitrogens with two attached hydrogens (primary N) is 1. The molecule has 0 bridgehead atoms. The van der Waals surface area contributed by atoms with Gasteiger partial charge in [-0.1, -0.05) is 24.2 Å². The second-order valence-electron chi connectivity index (χ2n) is 4.79. The molecule has 0 fully saturated rings. The topological polar surface area (TPSA) is 72.4 Å². The van der Waals surface area contributed by atoms with Crippen LogP contribution in [0.25, 0.3) is 0 Å². The van der Waals surface area contributed by atoms with Gasteiger partial charge in [0.1, 0.15) is 5.76 Å². The molecule has 1 aromatic carbocycles. The first kappa shape index (κ1) is 14.1. The predicted octanol–water partition coefficient (Wildman–Crippen LogP) is 2.62. The standard InChI is InChI=1S/C15H19N3O2/c1-3-7-18(10-12-5-4-6-13(16)9-12)15(19)14-8-11(2)20-17-14/h4-6,8-9H,3,7,10,16H2,1-2H3. The van der Waals surface area contributed by atoms with Gasteiger partial charge in [-0.15, -0.1) is 0 Å². The largest absolute Gasteiger partial charge is 0.399 e. The van der Waals surface area contributed by atoms with Gasteiger partial charge in [-0.3, -0.25) is 4.79 Å². The zero-order valence-electron chi connectivity index (χ0n) is 11.8. The van der Waals surface area contributed by atoms with Crippen LogP contribution in [0.5, 0.6) is 0 Å². The summed E-state index contributed by atoms with van der Waals surface area (Å²) in [6, 6.07) is 9.21. The molecule has 20 heavy (non-hydrogen) atoms. The molecule has 5 heteroatoms. The smallest absolute Gasteiger partial charge is 0.276 e. The fourth-order valence-corrected chi connectivity index (χ4v) is 2.06. The van der Waals surface area contributed by atoms with Crippen molar-refractivity contribution in [3.63, 3.8) is 0 Å². The molecule has 1 heterocycles. The van der Waals surface area contributed by atoms with Gasteiger partial charge in [-0.25, -0.2) is 0 Å². The molecule has 0 saturated heterocycles. The Labute approximate surface area is 118 Å². The third-order valence-electron chi connectivity index (χ3n) is 2.95. The molecule has 2 N–H and O–H groups in total. The number of hydrogen-bond donors (Lipinski definition) is 1. The van der Waals surface area contributed by atoms with Crippen LogP contribution in [0.3, 0.4) is 0 Å². The van der Waals surface area contributed by atoms with Crippen molar-refractivity contribution in [1.29, 1.82) is 0 Å². The van der Waals surface area contributed by atoms with Crippen molar-refractivity contribution >= 4 is 11.6 Å².